The largest absolute Gasteiger partial charge is 0.496 e. The third kappa shape index (κ3) is 6.43. The van der Waals surface area contributed by atoms with Gasteiger partial charge in [0.1, 0.15) is 5.75 Å². The van der Waals surface area contributed by atoms with Crippen LogP contribution in [-0.2, 0) is 9.59 Å². The minimum atomic E-state index is -0.402. The Morgan fingerprint density at radius 2 is 1.81 bits per heavy atom. The van der Waals surface area contributed by atoms with Crippen molar-refractivity contribution in [2.45, 2.75) is 13.8 Å². The zero-order chi connectivity index (χ0) is 19.6. The quantitative estimate of drug-likeness (QED) is 0.450. The third-order valence-electron chi connectivity index (χ3n) is 3.79. The Morgan fingerprint density at radius 3 is 2.52 bits per heavy atom. The predicted molar refractivity (Wildman–Crippen MR) is 107 cm³/mol. The molecule has 2 aromatic rings. The molecule has 0 heterocycles. The van der Waals surface area contributed by atoms with Crippen LogP contribution in [0.3, 0.4) is 0 Å². The van der Waals surface area contributed by atoms with Crippen molar-refractivity contribution < 1.29 is 14.3 Å². The normalized spacial score (nSPS) is 11.3. The van der Waals surface area contributed by atoms with Crippen LogP contribution in [0.4, 0.5) is 0 Å². The highest BCUT2D eigenvalue weighted by Crippen LogP contribution is 2.18. The van der Waals surface area contributed by atoms with E-state index in [1.165, 1.54) is 6.08 Å². The molecule has 0 bridgehead atoms. The summed E-state index contributed by atoms with van der Waals surface area (Å²) in [5.41, 5.74) is 5.97. The Morgan fingerprint density at radius 1 is 1.11 bits per heavy atom. The molecule has 0 aliphatic rings. The van der Waals surface area contributed by atoms with Gasteiger partial charge in [-0.2, -0.15) is 5.10 Å². The van der Waals surface area contributed by atoms with E-state index in [1.54, 1.807) is 26.2 Å². The fraction of sp³-hybridized carbons (Fsp3) is 0.190. The van der Waals surface area contributed by atoms with E-state index in [4.69, 9.17) is 4.74 Å². The number of hydrazone groups is 1. The van der Waals surface area contributed by atoms with Gasteiger partial charge in [0, 0.05) is 11.6 Å². The Kier molecular flexibility index (Phi) is 7.31. The molecule has 6 nitrogen and oxygen atoms in total. The van der Waals surface area contributed by atoms with Crippen LogP contribution in [0.15, 0.2) is 59.7 Å². The summed E-state index contributed by atoms with van der Waals surface area (Å²) in [6.45, 7) is 3.64. The molecule has 0 saturated carbocycles. The number of hydrogen-bond donors (Lipinski definition) is 2. The van der Waals surface area contributed by atoms with Gasteiger partial charge in [0.05, 0.1) is 19.4 Å². The fourth-order valence-corrected chi connectivity index (χ4v) is 2.24. The van der Waals surface area contributed by atoms with Gasteiger partial charge in [-0.3, -0.25) is 9.59 Å². The molecule has 0 aliphatic carbocycles. The van der Waals surface area contributed by atoms with Crippen molar-refractivity contribution in [2.75, 3.05) is 13.7 Å². The van der Waals surface area contributed by atoms with Crippen molar-refractivity contribution in [1.29, 1.82) is 0 Å². The smallest absolute Gasteiger partial charge is 0.259 e. The predicted octanol–water partition coefficient (Wildman–Crippen LogP) is 2.67. The molecule has 0 atom stereocenters. The van der Waals surface area contributed by atoms with E-state index < -0.39 is 5.91 Å². The monoisotopic (exact) mass is 365 g/mol. The van der Waals surface area contributed by atoms with Crippen molar-refractivity contribution in [1.82, 2.24) is 10.7 Å². The van der Waals surface area contributed by atoms with Crippen LogP contribution in [0.1, 0.15) is 23.6 Å². The number of hydrogen-bond acceptors (Lipinski definition) is 4. The summed E-state index contributed by atoms with van der Waals surface area (Å²) in [6.07, 6.45) is 2.98. The molecule has 2 amide bonds. The van der Waals surface area contributed by atoms with E-state index in [0.29, 0.717) is 11.5 Å². The van der Waals surface area contributed by atoms with Crippen LogP contribution in [0.2, 0.25) is 0 Å². The second kappa shape index (κ2) is 9.91. The van der Waals surface area contributed by atoms with Gasteiger partial charge < -0.3 is 10.1 Å². The zero-order valence-corrected chi connectivity index (χ0v) is 15.7. The van der Waals surface area contributed by atoms with Crippen LogP contribution >= 0.6 is 0 Å². The van der Waals surface area contributed by atoms with Gasteiger partial charge in [-0.25, -0.2) is 5.43 Å². The number of carbonyl (C=O) groups is 2. The average Bonchev–Trinajstić information content (AvgIpc) is 2.69. The van der Waals surface area contributed by atoms with E-state index in [0.717, 1.165) is 16.7 Å². The first-order chi connectivity index (χ1) is 13.0. The minimum Gasteiger partial charge on any atom is -0.496 e. The number of nitrogens with one attached hydrogen (secondary N) is 2. The molecule has 2 rings (SSSR count). The van der Waals surface area contributed by atoms with E-state index in [1.807, 2.05) is 49.4 Å². The van der Waals surface area contributed by atoms with Crippen molar-refractivity contribution in [2.24, 2.45) is 5.10 Å². The van der Waals surface area contributed by atoms with Crippen LogP contribution in [0, 0.1) is 6.92 Å². The summed E-state index contributed by atoms with van der Waals surface area (Å²) in [5.74, 6) is -0.115. The molecule has 6 heteroatoms. The maximum absolute atomic E-state index is 11.9. The molecular weight excluding hydrogens is 342 g/mol. The first kappa shape index (κ1) is 19.9. The van der Waals surface area contributed by atoms with Gasteiger partial charge in [-0.1, -0.05) is 48.0 Å². The lowest BCUT2D eigenvalue weighted by Crippen LogP contribution is -2.34. The Hall–Kier alpha value is -3.41. The van der Waals surface area contributed by atoms with Gasteiger partial charge in [0.25, 0.3) is 5.91 Å². The molecule has 0 aromatic heterocycles. The highest BCUT2D eigenvalue weighted by Gasteiger charge is 2.04. The maximum Gasteiger partial charge on any atom is 0.259 e. The molecule has 0 fully saturated rings. The van der Waals surface area contributed by atoms with Crippen molar-refractivity contribution >= 4 is 23.6 Å². The van der Waals surface area contributed by atoms with Gasteiger partial charge in [0.2, 0.25) is 5.91 Å². The number of aryl methyl sites for hydroxylation is 1. The molecule has 0 unspecified atom stereocenters. The number of nitrogens with zero attached hydrogens (tertiary/aromatic N) is 1. The second-order valence-electron chi connectivity index (χ2n) is 5.89. The average molecular weight is 365 g/mol. The van der Waals surface area contributed by atoms with Crippen LogP contribution in [-0.4, -0.2) is 31.2 Å². The number of rotatable bonds is 7. The second-order valence-corrected chi connectivity index (χ2v) is 5.89. The van der Waals surface area contributed by atoms with Gasteiger partial charge in [0.15, 0.2) is 0 Å². The molecule has 140 valence electrons. The molecule has 2 aromatic carbocycles. The van der Waals surface area contributed by atoms with Gasteiger partial charge in [-0.15, -0.1) is 0 Å². The Bertz CT molecular complexity index is 855. The van der Waals surface area contributed by atoms with Gasteiger partial charge >= 0.3 is 0 Å². The van der Waals surface area contributed by atoms with E-state index in [9.17, 15) is 9.59 Å². The maximum atomic E-state index is 11.9. The number of ether oxygens (including phenoxy) is 1. The topological polar surface area (TPSA) is 79.8 Å². The number of carbonyl (C=O) groups excluding carboxylic acids is 2. The molecule has 0 radical (unpaired) electrons. The van der Waals surface area contributed by atoms with E-state index in [-0.39, 0.29) is 12.5 Å². The highest BCUT2D eigenvalue weighted by molar-refractivity contribution is 5.99. The highest BCUT2D eigenvalue weighted by atomic mass is 16.5. The zero-order valence-electron chi connectivity index (χ0n) is 15.7. The summed E-state index contributed by atoms with van der Waals surface area (Å²) in [7, 11) is 1.57. The molecule has 27 heavy (non-hydrogen) atoms. The van der Waals surface area contributed by atoms with E-state index in [2.05, 4.69) is 15.8 Å². The minimum absolute atomic E-state index is 0.167. The number of para-hydroxylation sites is 1. The van der Waals surface area contributed by atoms with Crippen LogP contribution < -0.4 is 15.5 Å². The summed E-state index contributed by atoms with van der Waals surface area (Å²) in [4.78, 5) is 23.7. The third-order valence-corrected chi connectivity index (χ3v) is 3.79. The summed E-state index contributed by atoms with van der Waals surface area (Å²) in [6, 6.07) is 15.2. The van der Waals surface area contributed by atoms with Crippen molar-refractivity contribution in [3.8, 4) is 5.75 Å². The van der Waals surface area contributed by atoms with Crippen LogP contribution in [0.25, 0.3) is 6.08 Å². The summed E-state index contributed by atoms with van der Waals surface area (Å²) < 4.78 is 5.21. The first-order valence-electron chi connectivity index (χ1n) is 8.48. The Labute approximate surface area is 158 Å². The molecule has 0 spiro atoms. The van der Waals surface area contributed by atoms with E-state index >= 15 is 0 Å². The SMILES string of the molecule is COc1ccccc1/C=C/C(=O)NCC(=O)N/N=C(\C)c1ccc(C)cc1. The molecular formula is C21H23N3O3. The lowest BCUT2D eigenvalue weighted by atomic mass is 10.1. The first-order valence-corrected chi connectivity index (χ1v) is 8.48. The van der Waals surface area contributed by atoms with Crippen LogP contribution in [0.5, 0.6) is 5.75 Å². The number of benzene rings is 2. The summed E-state index contributed by atoms with van der Waals surface area (Å²) in [5, 5.41) is 6.56. The molecule has 0 aliphatic heterocycles. The number of amides is 2. The standard InChI is InChI=1S/C21H23N3O3/c1-15-8-10-17(11-9-15)16(2)23-24-21(26)14-22-20(25)13-12-18-6-4-5-7-19(18)27-3/h4-13H,14H2,1-3H3,(H,22,25)(H,24,26)/b13-12+,23-16+. The fourth-order valence-electron chi connectivity index (χ4n) is 2.24. The van der Waals surface area contributed by atoms with Crippen molar-refractivity contribution in [3.05, 3.63) is 71.3 Å². The lowest BCUT2D eigenvalue weighted by Gasteiger charge is -2.05. The Balaban J connectivity index is 1.82. The summed E-state index contributed by atoms with van der Waals surface area (Å²) >= 11 is 0. The molecule has 2 N–H and O–H groups in total. The van der Waals surface area contributed by atoms with Crippen molar-refractivity contribution in [3.63, 3.8) is 0 Å². The molecule has 0 saturated heterocycles. The lowest BCUT2D eigenvalue weighted by molar-refractivity contribution is -0.123. The van der Waals surface area contributed by atoms with Gasteiger partial charge in [-0.05, 0) is 31.6 Å². The number of methoxy groups -OCH3 is 1.